The zero-order valence-corrected chi connectivity index (χ0v) is 16.1. The van der Waals surface area contributed by atoms with Crippen molar-refractivity contribution in [3.8, 4) is 0 Å². The van der Waals surface area contributed by atoms with E-state index in [1.807, 2.05) is 11.8 Å². The number of halogens is 3. The van der Waals surface area contributed by atoms with E-state index < -0.39 is 11.7 Å². The molecule has 0 spiro atoms. The van der Waals surface area contributed by atoms with Gasteiger partial charge in [0.15, 0.2) is 0 Å². The Labute approximate surface area is 158 Å². The highest BCUT2D eigenvalue weighted by Gasteiger charge is 2.30. The first kappa shape index (κ1) is 21.3. The van der Waals surface area contributed by atoms with Crippen molar-refractivity contribution in [2.75, 3.05) is 13.1 Å². The predicted molar refractivity (Wildman–Crippen MR) is 98.1 cm³/mol. The molecule has 1 heterocycles. The number of rotatable bonds is 6. The van der Waals surface area contributed by atoms with Crippen LogP contribution >= 0.6 is 0 Å². The number of carbonyl (C=O) groups is 1. The second kappa shape index (κ2) is 9.24. The van der Waals surface area contributed by atoms with Crippen molar-refractivity contribution < 1.29 is 22.8 Å². The lowest BCUT2D eigenvalue weighted by Gasteiger charge is -2.30. The Morgan fingerprint density at radius 3 is 2.48 bits per heavy atom. The van der Waals surface area contributed by atoms with Gasteiger partial charge < -0.3 is 9.74 Å². The van der Waals surface area contributed by atoms with Crippen molar-refractivity contribution >= 4 is 11.6 Å². The van der Waals surface area contributed by atoms with Crippen LogP contribution in [-0.2, 0) is 22.4 Å². The molecule has 0 aliphatic carbocycles. The fraction of sp³-hybridized carbons (Fsp3) is 0.600. The van der Waals surface area contributed by atoms with E-state index in [1.165, 1.54) is 6.07 Å². The molecular weight excluding hydrogens is 357 g/mol. The molecule has 7 heteroatoms. The molecular formula is C20H27F3N2O2. The molecule has 4 nitrogen and oxygen atoms in total. The van der Waals surface area contributed by atoms with Crippen LogP contribution in [0.2, 0.25) is 0 Å². The van der Waals surface area contributed by atoms with E-state index in [0.29, 0.717) is 37.4 Å². The number of oxime groups is 1. The number of nitrogens with zero attached hydrogens (tertiary/aromatic N) is 2. The Kier molecular flexibility index (Phi) is 7.27. The summed E-state index contributed by atoms with van der Waals surface area (Å²) in [5.74, 6) is 0.670. The van der Waals surface area contributed by atoms with Crippen molar-refractivity contribution in [3.63, 3.8) is 0 Å². The Balaban J connectivity index is 1.81. The van der Waals surface area contributed by atoms with Gasteiger partial charge in [-0.05, 0) is 30.0 Å². The number of hydrogen-bond acceptors (Lipinski definition) is 3. The van der Waals surface area contributed by atoms with E-state index in [9.17, 15) is 18.0 Å². The second-order valence-corrected chi connectivity index (χ2v) is 7.48. The van der Waals surface area contributed by atoms with Crippen LogP contribution in [0.3, 0.4) is 0 Å². The topological polar surface area (TPSA) is 41.9 Å². The molecule has 150 valence electrons. The van der Waals surface area contributed by atoms with Crippen LogP contribution in [0.5, 0.6) is 0 Å². The van der Waals surface area contributed by atoms with E-state index in [0.717, 1.165) is 24.3 Å². The molecule has 1 saturated heterocycles. The molecule has 0 N–H and O–H groups in total. The molecule has 1 aromatic carbocycles. The minimum atomic E-state index is -4.37. The summed E-state index contributed by atoms with van der Waals surface area (Å²) in [5, 5.41) is 4.05. The van der Waals surface area contributed by atoms with Gasteiger partial charge in [-0.2, -0.15) is 13.2 Å². The van der Waals surface area contributed by atoms with Crippen LogP contribution in [0.15, 0.2) is 29.4 Å². The lowest BCUT2D eigenvalue weighted by Crippen LogP contribution is -2.41. The van der Waals surface area contributed by atoms with Crippen LogP contribution < -0.4 is 0 Å². The number of piperidine rings is 1. The zero-order chi connectivity index (χ0) is 20.0. The third-order valence-electron chi connectivity index (χ3n) is 4.58. The van der Waals surface area contributed by atoms with Crippen molar-refractivity contribution in [3.05, 3.63) is 35.4 Å². The minimum absolute atomic E-state index is 0.0124. The Morgan fingerprint density at radius 2 is 1.89 bits per heavy atom. The number of likely N-dealkylation sites (tertiary alicyclic amines) is 1. The largest absolute Gasteiger partial charge is 0.416 e. The molecule has 1 unspecified atom stereocenters. The highest BCUT2D eigenvalue weighted by Crippen LogP contribution is 2.29. The highest BCUT2D eigenvalue weighted by molar-refractivity contribution is 5.87. The molecule has 0 saturated carbocycles. The highest BCUT2D eigenvalue weighted by atomic mass is 19.4. The van der Waals surface area contributed by atoms with Crippen LogP contribution in [-0.4, -0.2) is 29.6 Å². The number of benzene rings is 1. The van der Waals surface area contributed by atoms with Gasteiger partial charge in [-0.1, -0.05) is 38.1 Å². The summed E-state index contributed by atoms with van der Waals surface area (Å²) < 4.78 is 38.1. The second-order valence-electron chi connectivity index (χ2n) is 7.48. The molecule has 27 heavy (non-hydrogen) atoms. The fourth-order valence-corrected chi connectivity index (χ4v) is 3.23. The van der Waals surface area contributed by atoms with Gasteiger partial charge in [0.25, 0.3) is 0 Å². The van der Waals surface area contributed by atoms with Crippen molar-refractivity contribution in [2.45, 2.75) is 52.8 Å². The molecule has 2 rings (SSSR count). The summed E-state index contributed by atoms with van der Waals surface area (Å²) in [6.45, 7) is 7.37. The van der Waals surface area contributed by atoms with Gasteiger partial charge in [0.2, 0.25) is 5.91 Å². The molecule has 1 aliphatic heterocycles. The molecule has 0 aromatic heterocycles. The summed E-state index contributed by atoms with van der Waals surface area (Å²) in [5.41, 5.74) is 0.561. The zero-order valence-electron chi connectivity index (χ0n) is 16.1. The average Bonchev–Trinajstić information content (AvgIpc) is 2.60. The third kappa shape index (κ3) is 6.56. The van der Waals surface area contributed by atoms with Gasteiger partial charge in [0.1, 0.15) is 6.61 Å². The van der Waals surface area contributed by atoms with E-state index in [1.54, 1.807) is 6.07 Å². The van der Waals surface area contributed by atoms with E-state index >= 15 is 0 Å². The quantitative estimate of drug-likeness (QED) is 0.656. The summed E-state index contributed by atoms with van der Waals surface area (Å²) >= 11 is 0. The smallest absolute Gasteiger partial charge is 0.391 e. The maximum absolute atomic E-state index is 12.7. The van der Waals surface area contributed by atoms with Crippen molar-refractivity contribution in [1.29, 1.82) is 0 Å². The first-order valence-corrected chi connectivity index (χ1v) is 9.29. The SMILES string of the molecule is CC(C)CC(C)C(=O)N1CCC(=NOCc2cccc(C(F)(F)F)c2)CC1. The normalized spacial score (nSPS) is 16.4. The number of alkyl halides is 3. The number of amides is 1. The maximum Gasteiger partial charge on any atom is 0.416 e. The molecule has 0 bridgehead atoms. The van der Waals surface area contributed by atoms with Crippen molar-refractivity contribution in [2.24, 2.45) is 17.0 Å². The lowest BCUT2D eigenvalue weighted by atomic mass is 9.96. The summed E-state index contributed by atoms with van der Waals surface area (Å²) in [4.78, 5) is 19.5. The van der Waals surface area contributed by atoms with Crippen LogP contribution in [0, 0.1) is 11.8 Å². The van der Waals surface area contributed by atoms with E-state index in [-0.39, 0.29) is 18.4 Å². The standard InChI is InChI=1S/C20H27F3N2O2/c1-14(2)11-15(3)19(26)25-9-7-18(8-10-25)24-27-13-16-5-4-6-17(12-16)20(21,22)23/h4-6,12,14-15H,7-11,13H2,1-3H3. The molecule has 0 radical (unpaired) electrons. The van der Waals surface area contributed by atoms with Crippen LogP contribution in [0.4, 0.5) is 13.2 Å². The molecule has 1 amide bonds. The van der Waals surface area contributed by atoms with Gasteiger partial charge in [-0.15, -0.1) is 0 Å². The molecule has 1 aromatic rings. The van der Waals surface area contributed by atoms with Gasteiger partial charge in [-0.25, -0.2) is 0 Å². The molecule has 1 aliphatic rings. The van der Waals surface area contributed by atoms with E-state index in [4.69, 9.17) is 4.84 Å². The van der Waals surface area contributed by atoms with Gasteiger partial charge in [0.05, 0.1) is 11.3 Å². The van der Waals surface area contributed by atoms with Crippen molar-refractivity contribution in [1.82, 2.24) is 4.90 Å². The van der Waals surface area contributed by atoms with Crippen LogP contribution in [0.25, 0.3) is 0 Å². The third-order valence-corrected chi connectivity index (χ3v) is 4.58. The molecule has 1 atom stereocenters. The summed E-state index contributed by atoms with van der Waals surface area (Å²) in [6.07, 6.45) is -2.24. The lowest BCUT2D eigenvalue weighted by molar-refractivity contribution is -0.138. The summed E-state index contributed by atoms with van der Waals surface area (Å²) in [6, 6.07) is 5.03. The average molecular weight is 384 g/mol. The maximum atomic E-state index is 12.7. The minimum Gasteiger partial charge on any atom is -0.391 e. The molecule has 1 fully saturated rings. The monoisotopic (exact) mass is 384 g/mol. The predicted octanol–water partition coefficient (Wildman–Crippen LogP) is 4.88. The van der Waals surface area contributed by atoms with Gasteiger partial charge >= 0.3 is 6.18 Å². The number of carbonyl (C=O) groups excluding carboxylic acids is 1. The first-order valence-electron chi connectivity index (χ1n) is 9.29. The van der Waals surface area contributed by atoms with Crippen LogP contribution in [0.1, 0.15) is 51.2 Å². The fourth-order valence-electron chi connectivity index (χ4n) is 3.23. The Morgan fingerprint density at radius 1 is 1.22 bits per heavy atom. The number of hydrogen-bond donors (Lipinski definition) is 0. The van der Waals surface area contributed by atoms with Gasteiger partial charge in [-0.3, -0.25) is 4.79 Å². The van der Waals surface area contributed by atoms with Gasteiger partial charge in [0, 0.05) is 31.8 Å². The van der Waals surface area contributed by atoms with E-state index in [2.05, 4.69) is 19.0 Å². The Hall–Kier alpha value is -2.05. The summed E-state index contributed by atoms with van der Waals surface area (Å²) in [7, 11) is 0. The first-order chi connectivity index (χ1) is 12.7. The Bertz CT molecular complexity index is 661.